The zero-order valence-electron chi connectivity index (χ0n) is 15.5. The molecular formula is C20H17Cl3N2O3S. The molecule has 0 fully saturated rings. The monoisotopic (exact) mass is 470 g/mol. The number of amides is 1. The number of esters is 1. The minimum absolute atomic E-state index is 0.0119. The number of carbonyl (C=O) groups is 2. The maximum absolute atomic E-state index is 12.9. The SMILES string of the molecule is CCOC(=O)CCC(=O)N(Cc1nc2c(Cl)c(Cl)ccc2s1)c1ccc(Cl)cc1. The average Bonchev–Trinajstić information content (AvgIpc) is 3.12. The van der Waals surface area contributed by atoms with E-state index in [1.165, 1.54) is 11.3 Å². The van der Waals surface area contributed by atoms with Gasteiger partial charge in [0, 0.05) is 17.1 Å². The van der Waals surface area contributed by atoms with E-state index in [4.69, 9.17) is 39.5 Å². The van der Waals surface area contributed by atoms with Crippen LogP contribution in [0.5, 0.6) is 0 Å². The predicted octanol–water partition coefficient (Wildman–Crippen LogP) is 6.13. The Kier molecular flexibility index (Phi) is 7.35. The first-order chi connectivity index (χ1) is 13.9. The summed E-state index contributed by atoms with van der Waals surface area (Å²) in [5, 5.41) is 2.08. The smallest absolute Gasteiger partial charge is 0.306 e. The van der Waals surface area contributed by atoms with Crippen molar-refractivity contribution in [3.8, 4) is 0 Å². The summed E-state index contributed by atoms with van der Waals surface area (Å²) in [5.41, 5.74) is 1.26. The third-order valence-electron chi connectivity index (χ3n) is 4.08. The summed E-state index contributed by atoms with van der Waals surface area (Å²) in [7, 11) is 0. The van der Waals surface area contributed by atoms with Crippen LogP contribution >= 0.6 is 46.1 Å². The fraction of sp³-hybridized carbons (Fsp3) is 0.250. The number of nitrogens with zero attached hydrogens (tertiary/aromatic N) is 2. The quantitative estimate of drug-likeness (QED) is 0.389. The zero-order chi connectivity index (χ0) is 21.0. The lowest BCUT2D eigenvalue weighted by molar-refractivity contribution is -0.144. The Balaban J connectivity index is 1.87. The summed E-state index contributed by atoms with van der Waals surface area (Å²) in [5.74, 6) is -0.623. The number of hydrogen-bond acceptors (Lipinski definition) is 5. The van der Waals surface area contributed by atoms with E-state index in [9.17, 15) is 9.59 Å². The van der Waals surface area contributed by atoms with E-state index in [1.807, 2.05) is 6.07 Å². The molecule has 0 radical (unpaired) electrons. The first-order valence-corrected chi connectivity index (χ1v) is 10.8. The Hall–Kier alpha value is -1.86. The van der Waals surface area contributed by atoms with Gasteiger partial charge in [-0.05, 0) is 43.3 Å². The second kappa shape index (κ2) is 9.76. The number of benzene rings is 2. The molecule has 0 aliphatic heterocycles. The third-order valence-corrected chi connectivity index (χ3v) is 6.13. The Morgan fingerprint density at radius 1 is 1.07 bits per heavy atom. The second-order valence-electron chi connectivity index (χ2n) is 6.08. The van der Waals surface area contributed by atoms with Crippen LogP contribution < -0.4 is 4.90 Å². The van der Waals surface area contributed by atoms with Crippen LogP contribution in [0.4, 0.5) is 5.69 Å². The standard InChI is InChI=1S/C20H17Cl3N2O3S/c1-2-28-18(27)10-9-17(26)25(13-5-3-12(21)4-6-13)11-16-24-20-15(29-16)8-7-14(22)19(20)23/h3-8H,2,9-11H2,1H3. The van der Waals surface area contributed by atoms with E-state index >= 15 is 0 Å². The molecule has 29 heavy (non-hydrogen) atoms. The van der Waals surface area contributed by atoms with Gasteiger partial charge in [-0.15, -0.1) is 11.3 Å². The van der Waals surface area contributed by atoms with Gasteiger partial charge in [-0.2, -0.15) is 0 Å². The number of thiazole rings is 1. The summed E-state index contributed by atoms with van der Waals surface area (Å²) < 4.78 is 5.79. The van der Waals surface area contributed by atoms with E-state index in [2.05, 4.69) is 4.98 Å². The van der Waals surface area contributed by atoms with E-state index in [0.717, 1.165) is 4.70 Å². The molecule has 0 aliphatic rings. The molecule has 5 nitrogen and oxygen atoms in total. The van der Waals surface area contributed by atoms with E-state index in [-0.39, 0.29) is 31.9 Å². The van der Waals surface area contributed by atoms with Gasteiger partial charge in [0.1, 0.15) is 10.5 Å². The van der Waals surface area contributed by atoms with Crippen LogP contribution in [0.3, 0.4) is 0 Å². The summed E-state index contributed by atoms with van der Waals surface area (Å²) in [6.07, 6.45) is 0.0387. The van der Waals surface area contributed by atoms with Crippen molar-refractivity contribution in [2.75, 3.05) is 11.5 Å². The molecule has 0 N–H and O–H groups in total. The van der Waals surface area contributed by atoms with Gasteiger partial charge in [0.05, 0.1) is 34.3 Å². The highest BCUT2D eigenvalue weighted by Crippen LogP contribution is 2.34. The van der Waals surface area contributed by atoms with Gasteiger partial charge in [-0.25, -0.2) is 4.98 Å². The van der Waals surface area contributed by atoms with Crippen LogP contribution in [0, 0.1) is 0 Å². The fourth-order valence-electron chi connectivity index (χ4n) is 2.71. The Morgan fingerprint density at radius 2 is 1.79 bits per heavy atom. The van der Waals surface area contributed by atoms with Gasteiger partial charge in [0.25, 0.3) is 0 Å². The van der Waals surface area contributed by atoms with Crippen molar-refractivity contribution >= 4 is 73.9 Å². The molecule has 152 valence electrons. The number of anilines is 1. The molecular weight excluding hydrogens is 455 g/mol. The van der Waals surface area contributed by atoms with Gasteiger partial charge in [-0.3, -0.25) is 9.59 Å². The number of hydrogen-bond donors (Lipinski definition) is 0. The molecule has 1 aromatic heterocycles. The maximum Gasteiger partial charge on any atom is 0.306 e. The van der Waals surface area contributed by atoms with Crippen molar-refractivity contribution < 1.29 is 14.3 Å². The number of aromatic nitrogens is 1. The molecule has 0 spiro atoms. The molecule has 0 saturated heterocycles. The van der Waals surface area contributed by atoms with Gasteiger partial charge in [-0.1, -0.05) is 34.8 Å². The van der Waals surface area contributed by atoms with Crippen LogP contribution in [0.25, 0.3) is 10.2 Å². The van der Waals surface area contributed by atoms with Crippen LogP contribution in [0.2, 0.25) is 15.1 Å². The summed E-state index contributed by atoms with van der Waals surface area (Å²) >= 11 is 19.7. The summed E-state index contributed by atoms with van der Waals surface area (Å²) in [6, 6.07) is 10.5. The highest BCUT2D eigenvalue weighted by atomic mass is 35.5. The van der Waals surface area contributed by atoms with Gasteiger partial charge in [0.2, 0.25) is 5.91 Å². The van der Waals surface area contributed by atoms with Crippen molar-refractivity contribution in [2.24, 2.45) is 0 Å². The van der Waals surface area contributed by atoms with Crippen molar-refractivity contribution in [1.29, 1.82) is 0 Å². The molecule has 0 bridgehead atoms. The molecule has 1 amide bonds. The normalized spacial score (nSPS) is 10.9. The highest BCUT2D eigenvalue weighted by molar-refractivity contribution is 7.18. The molecule has 2 aromatic carbocycles. The fourth-order valence-corrected chi connectivity index (χ4v) is 4.21. The van der Waals surface area contributed by atoms with Crippen LogP contribution in [-0.4, -0.2) is 23.5 Å². The lowest BCUT2D eigenvalue weighted by Crippen LogP contribution is -2.30. The summed E-state index contributed by atoms with van der Waals surface area (Å²) in [6.45, 7) is 2.24. The van der Waals surface area contributed by atoms with E-state index < -0.39 is 5.97 Å². The molecule has 3 rings (SSSR count). The van der Waals surface area contributed by atoms with Crippen molar-refractivity contribution in [3.63, 3.8) is 0 Å². The number of rotatable bonds is 7. The second-order valence-corrected chi connectivity index (χ2v) is 8.41. The molecule has 3 aromatic rings. The third kappa shape index (κ3) is 5.39. The molecule has 0 saturated carbocycles. The number of ether oxygens (including phenoxy) is 1. The largest absolute Gasteiger partial charge is 0.466 e. The Labute approximate surface area is 187 Å². The van der Waals surface area contributed by atoms with Crippen molar-refractivity contribution in [1.82, 2.24) is 4.98 Å². The predicted molar refractivity (Wildman–Crippen MR) is 118 cm³/mol. The Bertz CT molecular complexity index is 1040. The maximum atomic E-state index is 12.9. The molecule has 0 unspecified atom stereocenters. The lowest BCUT2D eigenvalue weighted by atomic mass is 10.2. The minimum Gasteiger partial charge on any atom is -0.466 e. The molecule has 1 heterocycles. The number of carbonyl (C=O) groups excluding carboxylic acids is 2. The van der Waals surface area contributed by atoms with Gasteiger partial charge in [0.15, 0.2) is 0 Å². The number of halogens is 3. The van der Waals surface area contributed by atoms with Gasteiger partial charge >= 0.3 is 5.97 Å². The first-order valence-electron chi connectivity index (χ1n) is 8.84. The zero-order valence-corrected chi connectivity index (χ0v) is 18.5. The molecule has 9 heteroatoms. The molecule has 0 aliphatic carbocycles. The van der Waals surface area contributed by atoms with E-state index in [1.54, 1.807) is 42.2 Å². The topological polar surface area (TPSA) is 59.5 Å². The minimum atomic E-state index is -0.404. The molecule has 0 atom stereocenters. The highest BCUT2D eigenvalue weighted by Gasteiger charge is 2.20. The Morgan fingerprint density at radius 3 is 2.48 bits per heavy atom. The summed E-state index contributed by atoms with van der Waals surface area (Å²) in [4.78, 5) is 30.7. The van der Waals surface area contributed by atoms with Crippen LogP contribution in [0.1, 0.15) is 24.8 Å². The average molecular weight is 472 g/mol. The van der Waals surface area contributed by atoms with E-state index in [0.29, 0.717) is 31.3 Å². The lowest BCUT2D eigenvalue weighted by Gasteiger charge is -2.22. The van der Waals surface area contributed by atoms with Crippen molar-refractivity contribution in [3.05, 3.63) is 56.5 Å². The van der Waals surface area contributed by atoms with Gasteiger partial charge < -0.3 is 9.64 Å². The number of fused-ring (bicyclic) bond motifs is 1. The van der Waals surface area contributed by atoms with Crippen LogP contribution in [0.15, 0.2) is 36.4 Å². The van der Waals surface area contributed by atoms with Crippen LogP contribution in [-0.2, 0) is 20.9 Å². The first kappa shape index (κ1) is 21.8. The van der Waals surface area contributed by atoms with Crippen molar-refractivity contribution in [2.45, 2.75) is 26.3 Å².